The second-order valence-electron chi connectivity index (χ2n) is 10.8. The van der Waals surface area contributed by atoms with Gasteiger partial charge in [-0.15, -0.1) is 0 Å². The zero-order valence-electron chi connectivity index (χ0n) is 23.0. The zero-order chi connectivity index (χ0) is 28.3. The molecule has 3 atom stereocenters. The molecule has 2 aromatic rings. The number of likely N-dealkylation sites (N-methyl/N-ethyl adjacent to an activating group) is 1. The first kappa shape index (κ1) is 29.0. The predicted octanol–water partition coefficient (Wildman–Crippen LogP) is 2.48. The van der Waals surface area contributed by atoms with E-state index in [2.05, 4.69) is 10.3 Å². The maximum Gasteiger partial charge on any atom is 0.261 e. The Kier molecular flexibility index (Phi) is 8.97. The second kappa shape index (κ2) is 12.1. The first-order valence-electron chi connectivity index (χ1n) is 13.5. The van der Waals surface area contributed by atoms with Crippen molar-refractivity contribution in [2.75, 3.05) is 32.1 Å². The van der Waals surface area contributed by atoms with E-state index in [0.717, 1.165) is 32.1 Å². The van der Waals surface area contributed by atoms with Crippen LogP contribution in [0.15, 0.2) is 35.7 Å². The molecule has 4 rings (SSSR count). The molecule has 2 aliphatic rings. The second-order valence-corrected chi connectivity index (χ2v) is 12.8. The number of ether oxygens (including phenoxy) is 1. The summed E-state index contributed by atoms with van der Waals surface area (Å²) < 4.78 is 35.7. The molecule has 2 heterocycles. The van der Waals surface area contributed by atoms with E-state index in [1.807, 2.05) is 6.92 Å². The largest absolute Gasteiger partial charge is 0.486 e. The van der Waals surface area contributed by atoms with Crippen molar-refractivity contribution in [1.82, 2.24) is 18.8 Å². The number of hydrogen-bond donors (Lipinski definition) is 2. The zero-order valence-corrected chi connectivity index (χ0v) is 23.9. The van der Waals surface area contributed by atoms with E-state index >= 15 is 0 Å². The van der Waals surface area contributed by atoms with Crippen LogP contribution in [0.4, 0.5) is 5.69 Å². The first-order valence-corrected chi connectivity index (χ1v) is 14.9. The molecule has 0 unspecified atom stereocenters. The molecule has 12 heteroatoms. The van der Waals surface area contributed by atoms with Crippen LogP contribution < -0.4 is 10.1 Å². The Labute approximate surface area is 230 Å². The fraction of sp³-hybridized carbons (Fsp3) is 0.593. The van der Waals surface area contributed by atoms with Crippen molar-refractivity contribution in [3.63, 3.8) is 0 Å². The van der Waals surface area contributed by atoms with E-state index in [0.29, 0.717) is 5.69 Å². The lowest BCUT2D eigenvalue weighted by atomic mass is 9.88. The number of imidazole rings is 1. The molecule has 0 spiro atoms. The maximum atomic E-state index is 13.7. The smallest absolute Gasteiger partial charge is 0.261 e. The van der Waals surface area contributed by atoms with E-state index in [-0.39, 0.29) is 59.7 Å². The highest BCUT2D eigenvalue weighted by Crippen LogP contribution is 2.36. The van der Waals surface area contributed by atoms with Crippen LogP contribution in [-0.4, -0.2) is 83.0 Å². The number of nitrogens with one attached hydrogen (secondary N) is 1. The molecular weight excluding hydrogens is 522 g/mol. The molecule has 0 bridgehead atoms. The quantitative estimate of drug-likeness (QED) is 0.506. The third-order valence-electron chi connectivity index (χ3n) is 7.72. The first-order chi connectivity index (χ1) is 18.5. The molecule has 39 heavy (non-hydrogen) atoms. The highest BCUT2D eigenvalue weighted by molar-refractivity contribution is 7.89. The summed E-state index contributed by atoms with van der Waals surface area (Å²) in [5.74, 6) is -0.628. The topological polar surface area (TPSA) is 134 Å². The number of benzene rings is 1. The van der Waals surface area contributed by atoms with Gasteiger partial charge in [-0.1, -0.05) is 32.3 Å². The minimum atomic E-state index is -3.90. The molecule has 1 fully saturated rings. The van der Waals surface area contributed by atoms with Crippen molar-refractivity contribution in [2.24, 2.45) is 18.9 Å². The average molecular weight is 562 g/mol. The molecule has 1 aromatic heterocycles. The van der Waals surface area contributed by atoms with Crippen molar-refractivity contribution in [3.05, 3.63) is 36.3 Å². The number of sulfonamides is 1. The van der Waals surface area contributed by atoms with Gasteiger partial charge in [0.1, 0.15) is 6.10 Å². The molecule has 0 saturated heterocycles. The van der Waals surface area contributed by atoms with Crippen molar-refractivity contribution in [3.8, 4) is 5.75 Å². The van der Waals surface area contributed by atoms with E-state index < -0.39 is 22.2 Å². The third-order valence-corrected chi connectivity index (χ3v) is 9.43. The Bertz CT molecular complexity index is 1290. The summed E-state index contributed by atoms with van der Waals surface area (Å²) in [6.45, 7) is 3.64. The molecular formula is C27H39N5O6S. The Morgan fingerprint density at radius 1 is 1.28 bits per heavy atom. The maximum absolute atomic E-state index is 13.7. The SMILES string of the molecule is C[C@H](CO)N1C[C@H](C)[C@@H](CN(C)S(=O)(=O)c2cn(C)cn2)Oc2c(NC(=O)C3CCCCC3)cccc2C1=O. The summed E-state index contributed by atoms with van der Waals surface area (Å²) in [5.41, 5.74) is 0.631. The lowest BCUT2D eigenvalue weighted by molar-refractivity contribution is -0.120. The molecule has 1 aliphatic heterocycles. The van der Waals surface area contributed by atoms with Gasteiger partial charge in [0, 0.05) is 38.7 Å². The van der Waals surface area contributed by atoms with Gasteiger partial charge in [-0.25, -0.2) is 13.4 Å². The lowest BCUT2D eigenvalue weighted by Crippen LogP contribution is -2.50. The van der Waals surface area contributed by atoms with Crippen LogP contribution in [0.5, 0.6) is 5.75 Å². The van der Waals surface area contributed by atoms with Gasteiger partial charge in [0.15, 0.2) is 10.8 Å². The predicted molar refractivity (Wildman–Crippen MR) is 146 cm³/mol. The standard InChI is InChI=1S/C27H39N5O6S/c1-18-13-32(19(2)16-33)27(35)21-11-8-12-22(29-26(34)20-9-6-5-7-10-20)25(21)38-23(18)14-31(4)39(36,37)24-15-30(3)17-28-24/h8,11-12,15,17-20,23,33H,5-7,9-10,13-14,16H2,1-4H3,(H,29,34)/t18-,19+,23+/m0/s1. The number of hydrogen-bond acceptors (Lipinski definition) is 7. The van der Waals surface area contributed by atoms with Gasteiger partial charge < -0.3 is 24.6 Å². The van der Waals surface area contributed by atoms with Crippen molar-refractivity contribution < 1.29 is 27.9 Å². The lowest BCUT2D eigenvalue weighted by Gasteiger charge is -2.38. The minimum Gasteiger partial charge on any atom is -0.486 e. The highest BCUT2D eigenvalue weighted by Gasteiger charge is 2.37. The van der Waals surface area contributed by atoms with Crippen LogP contribution in [0.2, 0.25) is 0 Å². The van der Waals surface area contributed by atoms with Crippen molar-refractivity contribution >= 4 is 27.5 Å². The monoisotopic (exact) mass is 561 g/mol. The minimum absolute atomic E-state index is 0.0139. The Morgan fingerprint density at radius 3 is 2.64 bits per heavy atom. The number of aromatic nitrogens is 2. The van der Waals surface area contributed by atoms with Gasteiger partial charge in [0.05, 0.1) is 36.8 Å². The fourth-order valence-corrected chi connectivity index (χ4v) is 6.33. The van der Waals surface area contributed by atoms with E-state index in [1.54, 1.807) is 41.6 Å². The Balaban J connectivity index is 1.69. The number of nitrogens with zero attached hydrogens (tertiary/aromatic N) is 4. The Morgan fingerprint density at radius 2 is 2.00 bits per heavy atom. The van der Waals surface area contributed by atoms with E-state index in [9.17, 15) is 23.1 Å². The van der Waals surface area contributed by atoms with Gasteiger partial charge in [-0.3, -0.25) is 9.59 Å². The van der Waals surface area contributed by atoms with E-state index in [4.69, 9.17) is 4.74 Å². The average Bonchev–Trinajstić information content (AvgIpc) is 3.38. The molecule has 214 valence electrons. The third kappa shape index (κ3) is 6.28. The summed E-state index contributed by atoms with van der Waals surface area (Å²) in [6, 6.07) is 4.55. The van der Waals surface area contributed by atoms with Crippen LogP contribution in [0, 0.1) is 11.8 Å². The molecule has 1 aliphatic carbocycles. The van der Waals surface area contributed by atoms with Crippen LogP contribution in [0.25, 0.3) is 0 Å². The summed E-state index contributed by atoms with van der Waals surface area (Å²) in [6.07, 6.45) is 6.96. The summed E-state index contributed by atoms with van der Waals surface area (Å²) in [4.78, 5) is 32.4. The number of anilines is 1. The number of aryl methyl sites for hydroxylation is 1. The number of aliphatic hydroxyl groups excluding tert-OH is 1. The number of para-hydroxylation sites is 1. The number of aliphatic hydroxyl groups is 1. The van der Waals surface area contributed by atoms with Crippen LogP contribution in [0.3, 0.4) is 0 Å². The summed E-state index contributed by atoms with van der Waals surface area (Å²) in [7, 11) is -0.735. The number of carbonyl (C=O) groups is 2. The Hall–Kier alpha value is -2.96. The molecule has 1 saturated carbocycles. The van der Waals surface area contributed by atoms with Crippen molar-refractivity contribution in [1.29, 1.82) is 0 Å². The molecule has 11 nitrogen and oxygen atoms in total. The van der Waals surface area contributed by atoms with E-state index in [1.165, 1.54) is 23.9 Å². The molecule has 2 N–H and O–H groups in total. The fourth-order valence-electron chi connectivity index (χ4n) is 5.19. The summed E-state index contributed by atoms with van der Waals surface area (Å²) >= 11 is 0. The number of amides is 2. The van der Waals surface area contributed by atoms with Gasteiger partial charge in [-0.05, 0) is 31.9 Å². The molecule has 2 amide bonds. The van der Waals surface area contributed by atoms with Gasteiger partial charge in [-0.2, -0.15) is 4.31 Å². The number of carbonyl (C=O) groups excluding carboxylic acids is 2. The highest BCUT2D eigenvalue weighted by atomic mass is 32.2. The van der Waals surface area contributed by atoms with Crippen LogP contribution >= 0.6 is 0 Å². The summed E-state index contributed by atoms with van der Waals surface area (Å²) in [5, 5.41) is 12.8. The number of fused-ring (bicyclic) bond motifs is 1. The van der Waals surface area contributed by atoms with Crippen molar-refractivity contribution in [2.45, 2.75) is 63.1 Å². The van der Waals surface area contributed by atoms with Crippen LogP contribution in [-0.2, 0) is 21.9 Å². The van der Waals surface area contributed by atoms with Gasteiger partial charge >= 0.3 is 0 Å². The van der Waals surface area contributed by atoms with Crippen LogP contribution in [0.1, 0.15) is 56.3 Å². The number of rotatable bonds is 8. The molecule has 1 aromatic carbocycles. The van der Waals surface area contributed by atoms with Gasteiger partial charge in [0.2, 0.25) is 5.91 Å². The molecule has 0 radical (unpaired) electrons. The van der Waals surface area contributed by atoms with Gasteiger partial charge in [0.25, 0.3) is 15.9 Å². The normalized spacial score (nSPS) is 21.6.